The highest BCUT2D eigenvalue weighted by molar-refractivity contribution is 6.05. The molecule has 9 N–H and O–H groups in total. The zero-order valence-electron chi connectivity index (χ0n) is 29.2. The maximum atomic E-state index is 13.7. The lowest BCUT2D eigenvalue weighted by Gasteiger charge is -2.23. The molecule has 6 rings (SSSR count). The molecule has 16 heteroatoms. The zero-order chi connectivity index (χ0) is 39.1. The van der Waals surface area contributed by atoms with E-state index in [0.717, 1.165) is 27.8 Å². The van der Waals surface area contributed by atoms with Gasteiger partial charge in [-0.25, -0.2) is 19.2 Å². The molecule has 1 fully saturated rings. The van der Waals surface area contributed by atoms with Gasteiger partial charge in [-0.15, -0.1) is 0 Å². The molecule has 4 aromatic carbocycles. The summed E-state index contributed by atoms with van der Waals surface area (Å²) in [5.74, 6) is -3.31. The summed E-state index contributed by atoms with van der Waals surface area (Å²) >= 11 is 0. The highest BCUT2D eigenvalue weighted by Gasteiger charge is 2.30. The number of carboxylic acid groups (broad SMARTS) is 1. The Morgan fingerprint density at radius 3 is 2.07 bits per heavy atom. The van der Waals surface area contributed by atoms with Gasteiger partial charge < -0.3 is 42.2 Å². The molecule has 0 radical (unpaired) electrons. The summed E-state index contributed by atoms with van der Waals surface area (Å²) in [6, 6.07) is 21.0. The second kappa shape index (κ2) is 16.6. The van der Waals surface area contributed by atoms with Crippen molar-refractivity contribution in [3.05, 3.63) is 119 Å². The van der Waals surface area contributed by atoms with Crippen molar-refractivity contribution in [3.8, 4) is 11.1 Å². The number of alkyl carbamates (subject to hydrolysis) is 1. The summed E-state index contributed by atoms with van der Waals surface area (Å²) in [7, 11) is 0. The molecule has 0 saturated carbocycles. The first kappa shape index (κ1) is 37.5. The number of rotatable bonds is 13. The molecule has 4 aromatic rings. The quantitative estimate of drug-likeness (QED) is 0.0881. The molecule has 1 aliphatic carbocycles. The normalized spacial score (nSPS) is 15.2. The molecule has 282 valence electrons. The number of nitrogens with one attached hydrogen (secondary N) is 6. The van der Waals surface area contributed by atoms with Crippen molar-refractivity contribution in [2.75, 3.05) is 10.6 Å². The fraction of sp³-hybridized carbons (Fsp3) is 0.205. The molecule has 1 aliphatic heterocycles. The molecule has 0 unspecified atom stereocenters. The van der Waals surface area contributed by atoms with Crippen molar-refractivity contribution in [2.24, 2.45) is 5.73 Å². The van der Waals surface area contributed by atoms with Gasteiger partial charge in [-0.3, -0.25) is 19.7 Å². The maximum absolute atomic E-state index is 13.7. The third kappa shape index (κ3) is 9.61. The molecule has 3 atom stereocenters. The van der Waals surface area contributed by atoms with Gasteiger partial charge in [0, 0.05) is 24.2 Å². The molecule has 0 spiro atoms. The van der Waals surface area contributed by atoms with Crippen molar-refractivity contribution in [2.45, 2.75) is 50.4 Å². The van der Waals surface area contributed by atoms with Crippen LogP contribution in [0.3, 0.4) is 0 Å². The molecule has 1 heterocycles. The predicted octanol–water partition coefficient (Wildman–Crippen LogP) is 2.93. The van der Waals surface area contributed by atoms with Gasteiger partial charge in [0.15, 0.2) is 0 Å². The summed E-state index contributed by atoms with van der Waals surface area (Å²) in [5, 5.41) is 24.6. The average Bonchev–Trinajstić information content (AvgIpc) is 3.53. The van der Waals surface area contributed by atoms with Crippen LogP contribution in [0.25, 0.3) is 11.1 Å². The first-order valence-corrected chi connectivity index (χ1v) is 17.2. The largest absolute Gasteiger partial charge is 0.480 e. The number of carboxylic acids is 1. The van der Waals surface area contributed by atoms with Crippen molar-refractivity contribution < 1.29 is 43.4 Å². The predicted molar refractivity (Wildman–Crippen MR) is 199 cm³/mol. The minimum absolute atomic E-state index is 0.0762. The van der Waals surface area contributed by atoms with Crippen molar-refractivity contribution in [1.82, 2.24) is 21.3 Å². The Kier molecular flexibility index (Phi) is 11.3. The molecule has 2 aliphatic rings. The van der Waals surface area contributed by atoms with E-state index in [0.29, 0.717) is 28.9 Å². The SMILES string of the molecule is NC(=O)Nc1ccc(C[C@@H](NC(=O)[C@H](Cc2ccc(NC(=O)[C@@H]3CC(=O)NC(=O)N3)cc2)NC(=O)OCc2cccc3c2Cc2ccccc2-3)C(=O)O)cc1. The van der Waals surface area contributed by atoms with Crippen molar-refractivity contribution in [1.29, 1.82) is 0 Å². The molecule has 16 nitrogen and oxygen atoms in total. The number of carbonyl (C=O) groups excluding carboxylic acids is 6. The zero-order valence-corrected chi connectivity index (χ0v) is 29.2. The standard InChI is InChI=1S/C39H37N7O9/c40-37(52)42-26-14-10-22(11-15-26)17-32(36(50)51)43-35(49)30(16-21-8-12-25(13-9-21)41-34(48)31-19-33(47)46-38(53)44-31)45-39(54)55-20-24-5-3-7-28-27-6-2-1-4-23(27)18-29(24)28/h1-15,30-32H,16-20H2,(H,41,48)(H,43,49)(H,45,54)(H,50,51)(H3,40,42,52)(H2,44,46,47,53)/t30-,31-,32+/m0/s1. The number of benzene rings is 4. The van der Waals surface area contributed by atoms with Gasteiger partial charge in [-0.05, 0) is 69.6 Å². The van der Waals surface area contributed by atoms with E-state index in [1.165, 1.54) is 24.3 Å². The number of carbonyl (C=O) groups is 7. The van der Waals surface area contributed by atoms with Crippen molar-refractivity contribution in [3.63, 3.8) is 0 Å². The van der Waals surface area contributed by atoms with E-state index in [1.54, 1.807) is 24.3 Å². The van der Waals surface area contributed by atoms with Gasteiger partial charge in [0.05, 0.1) is 6.42 Å². The van der Waals surface area contributed by atoms with Crippen LogP contribution in [-0.2, 0) is 49.8 Å². The molecule has 55 heavy (non-hydrogen) atoms. The fourth-order valence-corrected chi connectivity index (χ4v) is 6.43. The molecular formula is C39H37N7O9. The van der Waals surface area contributed by atoms with Crippen LogP contribution in [0.1, 0.15) is 34.2 Å². The molecule has 0 aromatic heterocycles. The lowest BCUT2D eigenvalue weighted by Crippen LogP contribution is -2.56. The number of hydrogen-bond donors (Lipinski definition) is 8. The Hall–Kier alpha value is -7.23. The number of hydrogen-bond acceptors (Lipinski definition) is 8. The third-order valence-electron chi connectivity index (χ3n) is 9.12. The first-order valence-electron chi connectivity index (χ1n) is 17.2. The third-order valence-corrected chi connectivity index (χ3v) is 9.12. The van der Waals surface area contributed by atoms with Crippen LogP contribution in [0.5, 0.6) is 0 Å². The van der Waals surface area contributed by atoms with Crippen LogP contribution in [-0.4, -0.2) is 65.1 Å². The Morgan fingerprint density at radius 1 is 0.782 bits per heavy atom. The van der Waals surface area contributed by atoms with Crippen LogP contribution < -0.4 is 37.6 Å². The molecule has 1 saturated heterocycles. The van der Waals surface area contributed by atoms with Crippen molar-refractivity contribution >= 4 is 53.2 Å². The van der Waals surface area contributed by atoms with Crippen LogP contribution in [0.15, 0.2) is 91.0 Å². The van der Waals surface area contributed by atoms with Gasteiger partial charge in [0.2, 0.25) is 17.7 Å². The van der Waals surface area contributed by atoms with Gasteiger partial charge in [0.25, 0.3) is 0 Å². The number of amides is 8. The second-order valence-corrected chi connectivity index (χ2v) is 13.0. The minimum Gasteiger partial charge on any atom is -0.480 e. The first-order chi connectivity index (χ1) is 26.4. The lowest BCUT2D eigenvalue weighted by molar-refractivity contribution is -0.142. The van der Waals surface area contributed by atoms with E-state index >= 15 is 0 Å². The number of imide groups is 1. The number of nitrogens with two attached hydrogens (primary N) is 1. The second-order valence-electron chi connectivity index (χ2n) is 13.0. The summed E-state index contributed by atoms with van der Waals surface area (Å²) in [6.07, 6.45) is -0.665. The number of urea groups is 2. The van der Waals surface area contributed by atoms with Gasteiger partial charge in [0.1, 0.15) is 24.7 Å². The smallest absolute Gasteiger partial charge is 0.408 e. The summed E-state index contributed by atoms with van der Waals surface area (Å²) in [4.78, 5) is 86.4. The lowest BCUT2D eigenvalue weighted by atomic mass is 10.0. The number of primary amides is 1. The highest BCUT2D eigenvalue weighted by atomic mass is 16.5. The van der Waals surface area contributed by atoms with Crippen LogP contribution in [0.2, 0.25) is 0 Å². The van der Waals surface area contributed by atoms with Gasteiger partial charge >= 0.3 is 24.1 Å². The van der Waals surface area contributed by atoms with Crippen LogP contribution in [0, 0.1) is 0 Å². The van der Waals surface area contributed by atoms with E-state index in [2.05, 4.69) is 31.9 Å². The maximum Gasteiger partial charge on any atom is 0.408 e. The van der Waals surface area contributed by atoms with E-state index in [-0.39, 0.29) is 25.9 Å². The summed E-state index contributed by atoms with van der Waals surface area (Å²) in [6.45, 7) is -0.0762. The van der Waals surface area contributed by atoms with Crippen LogP contribution >= 0.6 is 0 Å². The topological polar surface area (TPSA) is 247 Å². The number of ether oxygens (including phenoxy) is 1. The highest BCUT2D eigenvalue weighted by Crippen LogP contribution is 2.38. The van der Waals surface area contributed by atoms with Gasteiger partial charge in [-0.1, -0.05) is 66.7 Å². The monoisotopic (exact) mass is 747 g/mol. The van der Waals surface area contributed by atoms with E-state index < -0.39 is 60.0 Å². The number of aliphatic carboxylic acids is 1. The number of anilines is 2. The molecule has 0 bridgehead atoms. The number of fused-ring (bicyclic) bond motifs is 3. The average molecular weight is 748 g/mol. The Balaban J connectivity index is 1.14. The Bertz CT molecular complexity index is 2140. The van der Waals surface area contributed by atoms with Gasteiger partial charge in [-0.2, -0.15) is 0 Å². The van der Waals surface area contributed by atoms with Crippen LogP contribution in [0.4, 0.5) is 25.8 Å². The Morgan fingerprint density at radius 2 is 1.42 bits per heavy atom. The van der Waals surface area contributed by atoms with E-state index in [1.807, 2.05) is 42.5 Å². The minimum atomic E-state index is -1.39. The summed E-state index contributed by atoms with van der Waals surface area (Å²) < 4.78 is 5.60. The molecular weight excluding hydrogens is 710 g/mol. The fourth-order valence-electron chi connectivity index (χ4n) is 6.43. The Labute approximate surface area is 314 Å². The van der Waals surface area contributed by atoms with E-state index in [9.17, 15) is 38.7 Å². The molecule has 8 amide bonds. The summed E-state index contributed by atoms with van der Waals surface area (Å²) in [5.41, 5.74) is 12.1. The van der Waals surface area contributed by atoms with E-state index in [4.69, 9.17) is 10.5 Å².